The molecule has 0 saturated carbocycles. The van der Waals surface area contributed by atoms with Gasteiger partial charge in [0.2, 0.25) is 0 Å². The van der Waals surface area contributed by atoms with Crippen LogP contribution < -0.4 is 15.5 Å². The van der Waals surface area contributed by atoms with E-state index in [2.05, 4.69) is 15.5 Å². The van der Waals surface area contributed by atoms with E-state index in [1.54, 1.807) is 6.07 Å². The lowest BCUT2D eigenvalue weighted by atomic mass is 9.91. The Labute approximate surface area is 141 Å². The number of halogens is 1. The number of piperidine rings is 2. The topological polar surface area (TPSA) is 47.6 Å². The second-order valence-electron chi connectivity index (χ2n) is 7.60. The first-order valence-electron chi connectivity index (χ1n) is 9.04. The van der Waals surface area contributed by atoms with Gasteiger partial charge < -0.3 is 20.4 Å². The molecule has 5 aliphatic heterocycles. The zero-order chi connectivity index (χ0) is 16.3. The summed E-state index contributed by atoms with van der Waals surface area (Å²) in [5.74, 6) is -0.489. The Kier molecular flexibility index (Phi) is 3.31. The molecular weight excluding hydrogens is 307 g/mol. The molecule has 24 heavy (non-hydrogen) atoms. The molecule has 0 spiro atoms. The highest BCUT2D eigenvalue weighted by molar-refractivity contribution is 5.99. The fourth-order valence-electron chi connectivity index (χ4n) is 4.71. The quantitative estimate of drug-likeness (QED) is 0.852. The summed E-state index contributed by atoms with van der Waals surface area (Å²) in [7, 11) is 0. The van der Waals surface area contributed by atoms with Gasteiger partial charge in [-0.2, -0.15) is 0 Å². The molecule has 1 aromatic rings. The summed E-state index contributed by atoms with van der Waals surface area (Å²) in [6.07, 6.45) is 3.30. The number of fused-ring (bicyclic) bond motifs is 3. The van der Waals surface area contributed by atoms with Crippen LogP contribution in [0.15, 0.2) is 12.1 Å². The molecule has 0 aromatic heterocycles. The minimum Gasteiger partial charge on any atom is -0.368 e. The highest BCUT2D eigenvalue weighted by Gasteiger charge is 2.39. The van der Waals surface area contributed by atoms with E-state index in [4.69, 9.17) is 0 Å². The molecule has 5 aliphatic rings. The van der Waals surface area contributed by atoms with Gasteiger partial charge in [-0.3, -0.25) is 4.79 Å². The first-order valence-corrected chi connectivity index (χ1v) is 9.04. The number of rotatable bonds is 2. The minimum absolute atomic E-state index is 0.133. The molecule has 3 unspecified atom stereocenters. The molecule has 5 nitrogen and oxygen atoms in total. The predicted molar refractivity (Wildman–Crippen MR) is 89.7 cm³/mol. The van der Waals surface area contributed by atoms with Crippen molar-refractivity contribution in [2.45, 2.75) is 43.9 Å². The van der Waals surface area contributed by atoms with E-state index in [1.807, 2.05) is 11.0 Å². The monoisotopic (exact) mass is 330 g/mol. The maximum atomic E-state index is 14.7. The van der Waals surface area contributed by atoms with E-state index in [9.17, 15) is 9.18 Å². The number of anilines is 1. The molecule has 4 fully saturated rings. The van der Waals surface area contributed by atoms with Crippen LogP contribution in [0.1, 0.15) is 35.2 Å². The van der Waals surface area contributed by atoms with Gasteiger partial charge in [-0.05, 0) is 43.5 Å². The molecule has 6 heteroatoms. The number of carbonyl (C=O) groups is 1. The van der Waals surface area contributed by atoms with Crippen LogP contribution >= 0.6 is 0 Å². The Bertz CT molecular complexity index is 672. The highest BCUT2D eigenvalue weighted by Crippen LogP contribution is 2.34. The molecule has 1 amide bonds. The number of benzene rings is 1. The summed E-state index contributed by atoms with van der Waals surface area (Å²) in [5, 5.41) is 6.84. The van der Waals surface area contributed by atoms with Crippen molar-refractivity contribution in [3.8, 4) is 0 Å². The smallest absolute Gasteiger partial charge is 0.257 e. The largest absolute Gasteiger partial charge is 0.368 e. The molecule has 1 aromatic carbocycles. The maximum Gasteiger partial charge on any atom is 0.257 e. The molecular formula is C18H23FN4O. The number of amides is 1. The SMILES string of the molecule is O=C1c2c(F)cc(N3CC4CC(C3)N4)cc2CN1C1CCCNC1. The van der Waals surface area contributed by atoms with Crippen LogP contribution in [0.25, 0.3) is 0 Å². The van der Waals surface area contributed by atoms with Gasteiger partial charge in [-0.15, -0.1) is 0 Å². The molecule has 2 N–H and O–H groups in total. The van der Waals surface area contributed by atoms with Gasteiger partial charge in [0.25, 0.3) is 5.91 Å². The van der Waals surface area contributed by atoms with Crippen LogP contribution in [-0.2, 0) is 6.54 Å². The molecule has 0 radical (unpaired) electrons. The first-order chi connectivity index (χ1) is 11.7. The van der Waals surface area contributed by atoms with Crippen molar-refractivity contribution >= 4 is 11.6 Å². The molecule has 6 rings (SSSR count). The van der Waals surface area contributed by atoms with Crippen molar-refractivity contribution in [1.29, 1.82) is 0 Å². The van der Waals surface area contributed by atoms with Crippen molar-refractivity contribution in [2.75, 3.05) is 31.1 Å². The van der Waals surface area contributed by atoms with Crippen LogP contribution in [0.3, 0.4) is 0 Å². The van der Waals surface area contributed by atoms with Crippen LogP contribution in [0, 0.1) is 5.82 Å². The summed E-state index contributed by atoms with van der Waals surface area (Å²) < 4.78 is 14.7. The molecule has 2 bridgehead atoms. The van der Waals surface area contributed by atoms with E-state index >= 15 is 0 Å². The van der Waals surface area contributed by atoms with E-state index in [1.165, 1.54) is 6.42 Å². The van der Waals surface area contributed by atoms with Crippen molar-refractivity contribution in [3.05, 3.63) is 29.1 Å². The number of nitrogens with zero attached hydrogens (tertiary/aromatic N) is 2. The van der Waals surface area contributed by atoms with Crippen LogP contribution in [0.4, 0.5) is 10.1 Å². The fourth-order valence-corrected chi connectivity index (χ4v) is 4.71. The van der Waals surface area contributed by atoms with Gasteiger partial charge >= 0.3 is 0 Å². The summed E-state index contributed by atoms with van der Waals surface area (Å²) in [5.41, 5.74) is 2.08. The third-order valence-electron chi connectivity index (χ3n) is 5.97. The maximum absolute atomic E-state index is 14.7. The number of hydrogen-bond donors (Lipinski definition) is 2. The lowest BCUT2D eigenvalue weighted by Crippen LogP contribution is -2.67. The summed E-state index contributed by atoms with van der Waals surface area (Å²) >= 11 is 0. The van der Waals surface area contributed by atoms with Crippen LogP contribution in [0.5, 0.6) is 0 Å². The zero-order valence-electron chi connectivity index (χ0n) is 13.7. The number of nitrogens with one attached hydrogen (secondary N) is 2. The van der Waals surface area contributed by atoms with Gasteiger partial charge in [0.1, 0.15) is 5.82 Å². The van der Waals surface area contributed by atoms with Gasteiger partial charge in [-0.1, -0.05) is 0 Å². The van der Waals surface area contributed by atoms with E-state index in [0.29, 0.717) is 24.2 Å². The molecule has 3 atom stereocenters. The van der Waals surface area contributed by atoms with Crippen molar-refractivity contribution in [3.63, 3.8) is 0 Å². The number of carbonyl (C=O) groups excluding carboxylic acids is 1. The Hall–Kier alpha value is -1.66. The molecule has 0 aliphatic carbocycles. The highest BCUT2D eigenvalue weighted by atomic mass is 19.1. The summed E-state index contributed by atoms with van der Waals surface area (Å²) in [6.45, 7) is 4.23. The molecule has 128 valence electrons. The van der Waals surface area contributed by atoms with Crippen LogP contribution in [0.2, 0.25) is 0 Å². The van der Waals surface area contributed by atoms with Gasteiger partial charge in [0, 0.05) is 50.0 Å². The Morgan fingerprint density at radius 1 is 1.21 bits per heavy atom. The van der Waals surface area contributed by atoms with Gasteiger partial charge in [0.15, 0.2) is 0 Å². The number of piperazine rings is 1. The summed E-state index contributed by atoms with van der Waals surface area (Å²) in [4.78, 5) is 16.8. The Morgan fingerprint density at radius 3 is 2.71 bits per heavy atom. The normalized spacial score (nSPS) is 31.9. The van der Waals surface area contributed by atoms with Crippen LogP contribution in [-0.4, -0.2) is 55.1 Å². The third-order valence-corrected chi connectivity index (χ3v) is 5.97. The third kappa shape index (κ3) is 2.24. The Morgan fingerprint density at radius 2 is 2.00 bits per heavy atom. The first kappa shape index (κ1) is 14.7. The van der Waals surface area contributed by atoms with E-state index in [-0.39, 0.29) is 17.8 Å². The standard InChI is InChI=1S/C18H23FN4O/c19-16-6-15(22-9-12-5-13(10-22)21-12)4-11-8-23(18(24)17(11)16)14-2-1-3-20-7-14/h4,6,12-14,20-21H,1-3,5,7-10H2. The van der Waals surface area contributed by atoms with E-state index < -0.39 is 0 Å². The average molecular weight is 330 g/mol. The van der Waals surface area contributed by atoms with Crippen molar-refractivity contribution in [2.24, 2.45) is 0 Å². The molecule has 4 saturated heterocycles. The van der Waals surface area contributed by atoms with Crippen molar-refractivity contribution < 1.29 is 9.18 Å². The fraction of sp³-hybridized carbons (Fsp3) is 0.611. The average Bonchev–Trinajstić information content (AvgIpc) is 2.92. The lowest BCUT2D eigenvalue weighted by Gasteiger charge is -2.49. The lowest BCUT2D eigenvalue weighted by molar-refractivity contribution is 0.0671. The number of hydrogen-bond acceptors (Lipinski definition) is 4. The zero-order valence-corrected chi connectivity index (χ0v) is 13.7. The van der Waals surface area contributed by atoms with Gasteiger partial charge in [0.05, 0.1) is 5.56 Å². The minimum atomic E-state index is -0.356. The predicted octanol–water partition coefficient (Wildman–Crippen LogP) is 1.08. The Balaban J connectivity index is 1.42. The van der Waals surface area contributed by atoms with Crippen molar-refractivity contribution in [1.82, 2.24) is 15.5 Å². The van der Waals surface area contributed by atoms with E-state index in [0.717, 1.165) is 50.3 Å². The second-order valence-corrected chi connectivity index (χ2v) is 7.60. The molecule has 5 heterocycles. The second kappa shape index (κ2) is 5.43. The summed E-state index contributed by atoms with van der Waals surface area (Å²) in [6, 6.07) is 4.85. The van der Waals surface area contributed by atoms with Gasteiger partial charge in [-0.25, -0.2) is 4.39 Å².